The molecule has 0 bridgehead atoms. The molecule has 2 aromatic heterocycles. The van der Waals surface area contributed by atoms with Crippen LogP contribution in [0.1, 0.15) is 18.7 Å². The van der Waals surface area contributed by atoms with Crippen molar-refractivity contribution in [3.8, 4) is 5.88 Å². The molecule has 0 aliphatic heterocycles. The summed E-state index contributed by atoms with van der Waals surface area (Å²) in [5, 5.41) is 0. The zero-order valence-electron chi connectivity index (χ0n) is 9.00. The predicted octanol–water partition coefficient (Wildman–Crippen LogP) is 2.20. The van der Waals surface area contributed by atoms with Crippen LogP contribution in [0, 0.1) is 0 Å². The van der Waals surface area contributed by atoms with Gasteiger partial charge in [0.1, 0.15) is 6.10 Å². The highest BCUT2D eigenvalue weighted by Gasteiger charge is 2.10. The monoisotopic (exact) mass is 215 g/mol. The number of anilines is 1. The third-order valence-corrected chi connectivity index (χ3v) is 2.19. The molecule has 16 heavy (non-hydrogen) atoms. The second kappa shape index (κ2) is 4.61. The van der Waals surface area contributed by atoms with Crippen molar-refractivity contribution in [2.45, 2.75) is 13.0 Å². The molecule has 0 aromatic carbocycles. The van der Waals surface area contributed by atoms with Gasteiger partial charge in [0.05, 0.1) is 11.4 Å². The molecule has 82 valence electrons. The van der Waals surface area contributed by atoms with Crippen LogP contribution in [-0.4, -0.2) is 9.97 Å². The second-order valence-electron chi connectivity index (χ2n) is 3.41. The molecule has 2 N–H and O–H groups in total. The number of ether oxygens (including phenoxy) is 1. The molecule has 0 saturated heterocycles. The fourth-order valence-electron chi connectivity index (χ4n) is 1.35. The molecule has 1 atom stereocenters. The Labute approximate surface area is 94.1 Å². The number of hydrogen-bond acceptors (Lipinski definition) is 4. The number of hydrogen-bond donors (Lipinski definition) is 1. The number of aromatic nitrogens is 2. The Morgan fingerprint density at radius 1 is 1.12 bits per heavy atom. The number of pyridine rings is 2. The van der Waals surface area contributed by atoms with E-state index in [1.54, 1.807) is 24.5 Å². The summed E-state index contributed by atoms with van der Waals surface area (Å²) >= 11 is 0. The van der Waals surface area contributed by atoms with E-state index in [9.17, 15) is 0 Å². The molecule has 2 aromatic rings. The summed E-state index contributed by atoms with van der Waals surface area (Å²) in [6, 6.07) is 9.22. The van der Waals surface area contributed by atoms with Crippen molar-refractivity contribution in [3.05, 3.63) is 48.4 Å². The van der Waals surface area contributed by atoms with Crippen molar-refractivity contribution in [2.24, 2.45) is 0 Å². The van der Waals surface area contributed by atoms with Gasteiger partial charge in [0.25, 0.3) is 0 Å². The van der Waals surface area contributed by atoms with Gasteiger partial charge in [0.15, 0.2) is 0 Å². The van der Waals surface area contributed by atoms with Gasteiger partial charge >= 0.3 is 0 Å². The Morgan fingerprint density at radius 2 is 1.94 bits per heavy atom. The van der Waals surface area contributed by atoms with Crippen LogP contribution in [0.4, 0.5) is 5.69 Å². The van der Waals surface area contributed by atoms with Crippen molar-refractivity contribution in [1.29, 1.82) is 0 Å². The average molecular weight is 215 g/mol. The van der Waals surface area contributed by atoms with Crippen molar-refractivity contribution >= 4 is 5.69 Å². The molecule has 0 fully saturated rings. The Kier molecular flexibility index (Phi) is 3.00. The second-order valence-corrected chi connectivity index (χ2v) is 3.41. The fourth-order valence-corrected chi connectivity index (χ4v) is 1.35. The minimum Gasteiger partial charge on any atom is -0.467 e. The quantitative estimate of drug-likeness (QED) is 0.852. The van der Waals surface area contributed by atoms with Gasteiger partial charge in [-0.3, -0.25) is 4.98 Å². The lowest BCUT2D eigenvalue weighted by Crippen LogP contribution is -2.07. The molecule has 1 unspecified atom stereocenters. The Balaban J connectivity index is 2.14. The molecule has 2 heterocycles. The molecule has 4 nitrogen and oxygen atoms in total. The van der Waals surface area contributed by atoms with Gasteiger partial charge in [-0.1, -0.05) is 6.07 Å². The lowest BCUT2D eigenvalue weighted by atomic mass is 10.2. The molecule has 0 aliphatic rings. The number of nitrogens with zero attached hydrogens (tertiary/aromatic N) is 2. The van der Waals surface area contributed by atoms with Gasteiger partial charge in [-0.15, -0.1) is 0 Å². The highest BCUT2D eigenvalue weighted by Crippen LogP contribution is 2.22. The SMILES string of the molecule is CC(Oc1ncccc1N)c1ccccn1. The van der Waals surface area contributed by atoms with Crippen LogP contribution in [0.5, 0.6) is 5.88 Å². The van der Waals surface area contributed by atoms with Crippen LogP contribution >= 0.6 is 0 Å². The zero-order chi connectivity index (χ0) is 11.4. The van der Waals surface area contributed by atoms with Crippen LogP contribution < -0.4 is 10.5 Å². The normalized spacial score (nSPS) is 12.1. The van der Waals surface area contributed by atoms with E-state index in [0.29, 0.717) is 11.6 Å². The highest BCUT2D eigenvalue weighted by atomic mass is 16.5. The van der Waals surface area contributed by atoms with Gasteiger partial charge < -0.3 is 10.5 Å². The van der Waals surface area contributed by atoms with Crippen molar-refractivity contribution in [3.63, 3.8) is 0 Å². The molecule has 2 rings (SSSR count). The fraction of sp³-hybridized carbons (Fsp3) is 0.167. The summed E-state index contributed by atoms with van der Waals surface area (Å²) in [4.78, 5) is 8.28. The minimum atomic E-state index is -0.168. The maximum Gasteiger partial charge on any atom is 0.237 e. The lowest BCUT2D eigenvalue weighted by Gasteiger charge is -2.14. The molecular weight excluding hydrogens is 202 g/mol. The van der Waals surface area contributed by atoms with Crippen molar-refractivity contribution < 1.29 is 4.74 Å². The van der Waals surface area contributed by atoms with Crippen LogP contribution in [0.15, 0.2) is 42.7 Å². The van der Waals surface area contributed by atoms with E-state index in [1.165, 1.54) is 0 Å². The number of nitrogen functional groups attached to an aromatic ring is 1. The summed E-state index contributed by atoms with van der Waals surface area (Å²) in [5.41, 5.74) is 7.13. The van der Waals surface area contributed by atoms with E-state index < -0.39 is 0 Å². The third-order valence-electron chi connectivity index (χ3n) is 2.19. The minimum absolute atomic E-state index is 0.168. The first-order valence-corrected chi connectivity index (χ1v) is 5.05. The first-order chi connectivity index (χ1) is 7.77. The molecule has 4 heteroatoms. The summed E-state index contributed by atoms with van der Waals surface area (Å²) in [7, 11) is 0. The zero-order valence-corrected chi connectivity index (χ0v) is 9.00. The molecule has 0 radical (unpaired) electrons. The largest absolute Gasteiger partial charge is 0.467 e. The third kappa shape index (κ3) is 2.28. The number of nitrogens with two attached hydrogens (primary N) is 1. The van der Waals surface area contributed by atoms with Gasteiger partial charge in [-0.25, -0.2) is 4.98 Å². The molecule has 0 amide bonds. The van der Waals surface area contributed by atoms with Crippen LogP contribution in [-0.2, 0) is 0 Å². The van der Waals surface area contributed by atoms with Crippen molar-refractivity contribution in [1.82, 2.24) is 9.97 Å². The van der Waals surface area contributed by atoms with Crippen molar-refractivity contribution in [2.75, 3.05) is 5.73 Å². The predicted molar refractivity (Wildman–Crippen MR) is 61.9 cm³/mol. The Bertz CT molecular complexity index is 459. The topological polar surface area (TPSA) is 61.0 Å². The van der Waals surface area contributed by atoms with E-state index >= 15 is 0 Å². The highest BCUT2D eigenvalue weighted by molar-refractivity contribution is 5.47. The van der Waals surface area contributed by atoms with Gasteiger partial charge in [0, 0.05) is 12.4 Å². The number of rotatable bonds is 3. The van der Waals surface area contributed by atoms with Gasteiger partial charge in [-0.05, 0) is 31.2 Å². The van der Waals surface area contributed by atoms with Crippen LogP contribution in [0.25, 0.3) is 0 Å². The smallest absolute Gasteiger partial charge is 0.237 e. The van der Waals surface area contributed by atoms with E-state index in [0.717, 1.165) is 5.69 Å². The lowest BCUT2D eigenvalue weighted by molar-refractivity contribution is 0.214. The Morgan fingerprint density at radius 3 is 2.62 bits per heavy atom. The van der Waals surface area contributed by atoms with E-state index in [1.807, 2.05) is 25.1 Å². The summed E-state index contributed by atoms with van der Waals surface area (Å²) < 4.78 is 5.63. The molecule has 0 spiro atoms. The maximum atomic E-state index is 5.74. The molecule has 0 aliphatic carbocycles. The summed E-state index contributed by atoms with van der Waals surface area (Å²) in [5.74, 6) is 0.445. The van der Waals surface area contributed by atoms with E-state index in [-0.39, 0.29) is 6.10 Å². The average Bonchev–Trinajstić information content (AvgIpc) is 2.33. The molecular formula is C12H13N3O. The van der Waals surface area contributed by atoms with E-state index in [2.05, 4.69) is 9.97 Å². The van der Waals surface area contributed by atoms with Crippen LogP contribution in [0.2, 0.25) is 0 Å². The maximum absolute atomic E-state index is 5.74. The van der Waals surface area contributed by atoms with E-state index in [4.69, 9.17) is 10.5 Å². The first kappa shape index (κ1) is 10.4. The first-order valence-electron chi connectivity index (χ1n) is 5.05. The standard InChI is InChI=1S/C12H13N3O/c1-9(11-6-2-3-7-14-11)16-12-10(13)5-4-8-15-12/h2-9H,13H2,1H3. The van der Waals surface area contributed by atoms with Gasteiger partial charge in [0.2, 0.25) is 5.88 Å². The molecule has 0 saturated carbocycles. The summed E-state index contributed by atoms with van der Waals surface area (Å²) in [6.45, 7) is 1.91. The van der Waals surface area contributed by atoms with Gasteiger partial charge in [-0.2, -0.15) is 0 Å². The Hall–Kier alpha value is -2.10. The van der Waals surface area contributed by atoms with Crippen LogP contribution in [0.3, 0.4) is 0 Å². The summed E-state index contributed by atoms with van der Waals surface area (Å²) in [6.07, 6.45) is 3.21.